The van der Waals surface area contributed by atoms with E-state index in [-0.39, 0.29) is 11.5 Å². The fraction of sp³-hybridized carbons (Fsp3) is 0.120. The molecule has 6 heteroatoms. The van der Waals surface area contributed by atoms with Gasteiger partial charge >= 0.3 is 0 Å². The maximum Gasteiger partial charge on any atom is 0.241 e. The summed E-state index contributed by atoms with van der Waals surface area (Å²) in [5, 5.41) is 18.2. The molecule has 5 nitrogen and oxygen atoms in total. The van der Waals surface area contributed by atoms with Crippen molar-refractivity contribution in [2.45, 2.75) is 18.7 Å². The number of aliphatic hydroxyl groups is 1. The molecule has 1 aromatic heterocycles. The van der Waals surface area contributed by atoms with Crippen molar-refractivity contribution in [3.05, 3.63) is 108 Å². The highest BCUT2D eigenvalue weighted by Gasteiger charge is 2.24. The van der Waals surface area contributed by atoms with Crippen LogP contribution in [0.4, 0.5) is 10.1 Å². The van der Waals surface area contributed by atoms with Crippen molar-refractivity contribution in [3.8, 4) is 0 Å². The number of carbonyl (C=O) groups excluding carboxylic acids is 1. The lowest BCUT2D eigenvalue weighted by molar-refractivity contribution is -0.119. The maximum absolute atomic E-state index is 14.1. The molecular weight excluding hydrogens is 393 g/mol. The van der Waals surface area contributed by atoms with Crippen LogP contribution in [0.15, 0.2) is 91.3 Å². The number of rotatable bonds is 7. The van der Waals surface area contributed by atoms with Crippen molar-refractivity contribution in [2.24, 2.45) is 0 Å². The molecule has 4 aromatic rings. The molecule has 31 heavy (non-hydrogen) atoms. The van der Waals surface area contributed by atoms with Crippen LogP contribution in [0.3, 0.4) is 0 Å². The Hall–Kier alpha value is -3.61. The summed E-state index contributed by atoms with van der Waals surface area (Å²) in [6, 6.07) is 22.0. The number of nitrogens with zero attached hydrogens (tertiary/aromatic N) is 1. The predicted molar refractivity (Wildman–Crippen MR) is 119 cm³/mol. The lowest BCUT2D eigenvalue weighted by Gasteiger charge is -2.23. The average Bonchev–Trinajstić information content (AvgIpc) is 2.80. The molecule has 156 valence electrons. The number of anilines is 1. The second-order valence-electron chi connectivity index (χ2n) is 7.22. The van der Waals surface area contributed by atoms with Crippen LogP contribution < -0.4 is 10.6 Å². The Morgan fingerprint density at radius 3 is 2.55 bits per heavy atom. The SMILES string of the molecule is O=C(Nc1cccc2cnccc12)C(Cc1ccccc1)NC(O)c1ccccc1F. The van der Waals surface area contributed by atoms with Gasteiger partial charge in [0.25, 0.3) is 0 Å². The lowest BCUT2D eigenvalue weighted by atomic mass is 10.0. The van der Waals surface area contributed by atoms with Crippen molar-refractivity contribution < 1.29 is 14.3 Å². The second-order valence-corrected chi connectivity index (χ2v) is 7.22. The largest absolute Gasteiger partial charge is 0.374 e. The van der Waals surface area contributed by atoms with E-state index in [0.29, 0.717) is 12.1 Å². The number of aromatic nitrogens is 1. The highest BCUT2D eigenvalue weighted by atomic mass is 19.1. The molecule has 1 amide bonds. The smallest absolute Gasteiger partial charge is 0.241 e. The van der Waals surface area contributed by atoms with Gasteiger partial charge in [-0.2, -0.15) is 0 Å². The third-order valence-corrected chi connectivity index (χ3v) is 5.10. The summed E-state index contributed by atoms with van der Waals surface area (Å²) in [4.78, 5) is 17.3. The number of nitrogens with one attached hydrogen (secondary N) is 2. The predicted octanol–water partition coefficient (Wildman–Crippen LogP) is 4.20. The topological polar surface area (TPSA) is 74.2 Å². The summed E-state index contributed by atoms with van der Waals surface area (Å²) in [5.74, 6) is -0.869. The molecule has 0 saturated carbocycles. The van der Waals surface area contributed by atoms with Gasteiger partial charge in [-0.3, -0.25) is 15.1 Å². The van der Waals surface area contributed by atoms with Crippen LogP contribution in [-0.2, 0) is 11.2 Å². The zero-order valence-electron chi connectivity index (χ0n) is 16.7. The van der Waals surface area contributed by atoms with Crippen molar-refractivity contribution in [1.29, 1.82) is 0 Å². The minimum atomic E-state index is -1.34. The van der Waals surface area contributed by atoms with Gasteiger partial charge in [0.1, 0.15) is 12.0 Å². The van der Waals surface area contributed by atoms with Gasteiger partial charge in [-0.15, -0.1) is 0 Å². The molecule has 0 bridgehead atoms. The third kappa shape index (κ3) is 4.94. The summed E-state index contributed by atoms with van der Waals surface area (Å²) in [6.07, 6.45) is 2.38. The number of pyridine rings is 1. The molecule has 0 spiro atoms. The average molecular weight is 415 g/mol. The third-order valence-electron chi connectivity index (χ3n) is 5.10. The van der Waals surface area contributed by atoms with Gasteiger partial charge in [-0.1, -0.05) is 60.7 Å². The number of hydrogen-bond acceptors (Lipinski definition) is 4. The Bertz CT molecular complexity index is 1180. The van der Waals surface area contributed by atoms with Crippen molar-refractivity contribution in [2.75, 3.05) is 5.32 Å². The van der Waals surface area contributed by atoms with Gasteiger partial charge in [-0.05, 0) is 30.2 Å². The first kappa shape index (κ1) is 20.7. The summed E-state index contributed by atoms with van der Waals surface area (Å²) in [6.45, 7) is 0. The lowest BCUT2D eigenvalue weighted by Crippen LogP contribution is -2.44. The number of aliphatic hydroxyl groups excluding tert-OH is 1. The quantitative estimate of drug-likeness (QED) is 0.396. The van der Waals surface area contributed by atoms with E-state index < -0.39 is 18.1 Å². The summed E-state index contributed by atoms with van der Waals surface area (Å²) in [5.41, 5.74) is 1.65. The van der Waals surface area contributed by atoms with Gasteiger partial charge in [0.05, 0.1) is 6.04 Å². The zero-order chi connectivity index (χ0) is 21.6. The van der Waals surface area contributed by atoms with Gasteiger partial charge in [0.15, 0.2) is 0 Å². The molecule has 3 N–H and O–H groups in total. The first-order valence-corrected chi connectivity index (χ1v) is 9.98. The summed E-state index contributed by atoms with van der Waals surface area (Å²) < 4.78 is 14.1. The van der Waals surface area contributed by atoms with Crippen LogP contribution in [-0.4, -0.2) is 22.0 Å². The Morgan fingerprint density at radius 2 is 1.74 bits per heavy atom. The van der Waals surface area contributed by atoms with E-state index in [0.717, 1.165) is 16.3 Å². The van der Waals surface area contributed by atoms with Gasteiger partial charge in [0.2, 0.25) is 5.91 Å². The number of carbonyl (C=O) groups is 1. The molecule has 0 saturated heterocycles. The van der Waals surface area contributed by atoms with E-state index in [1.54, 1.807) is 24.5 Å². The molecule has 2 atom stereocenters. The summed E-state index contributed by atoms with van der Waals surface area (Å²) in [7, 11) is 0. The Morgan fingerprint density at radius 1 is 0.968 bits per heavy atom. The number of fused-ring (bicyclic) bond motifs is 1. The molecule has 2 unspecified atom stereocenters. The Labute approximate surface area is 179 Å². The van der Waals surface area contributed by atoms with Crippen molar-refractivity contribution >= 4 is 22.4 Å². The Balaban J connectivity index is 1.60. The monoisotopic (exact) mass is 415 g/mol. The van der Waals surface area contributed by atoms with Crippen LogP contribution in [0.2, 0.25) is 0 Å². The van der Waals surface area contributed by atoms with Crippen molar-refractivity contribution in [1.82, 2.24) is 10.3 Å². The minimum Gasteiger partial charge on any atom is -0.374 e. The minimum absolute atomic E-state index is 0.0876. The van der Waals surface area contributed by atoms with E-state index in [1.807, 2.05) is 54.6 Å². The molecule has 0 aliphatic heterocycles. The molecule has 1 heterocycles. The number of halogens is 1. The molecule has 0 aliphatic carbocycles. The van der Waals surface area contributed by atoms with Crippen LogP contribution in [0.1, 0.15) is 17.4 Å². The highest BCUT2D eigenvalue weighted by molar-refractivity contribution is 6.03. The fourth-order valence-corrected chi connectivity index (χ4v) is 3.51. The van der Waals surface area contributed by atoms with E-state index in [1.165, 1.54) is 12.1 Å². The first-order chi connectivity index (χ1) is 15.1. The van der Waals surface area contributed by atoms with Gasteiger partial charge in [-0.25, -0.2) is 4.39 Å². The van der Waals surface area contributed by atoms with Crippen LogP contribution in [0.25, 0.3) is 10.8 Å². The van der Waals surface area contributed by atoms with E-state index in [2.05, 4.69) is 15.6 Å². The standard InChI is InChI=1S/C25H22FN3O2/c26-21-11-5-4-10-20(21)24(30)29-23(15-17-7-2-1-3-8-17)25(31)28-22-12-6-9-18-16-27-14-13-19(18)22/h1-14,16,23-24,29-30H,15H2,(H,28,31). The normalized spacial score (nSPS) is 13.0. The molecule has 0 fully saturated rings. The number of benzene rings is 3. The van der Waals surface area contributed by atoms with E-state index in [4.69, 9.17) is 0 Å². The molecule has 4 rings (SSSR count). The molecule has 0 radical (unpaired) electrons. The van der Waals surface area contributed by atoms with Crippen LogP contribution in [0.5, 0.6) is 0 Å². The molecule has 3 aromatic carbocycles. The fourth-order valence-electron chi connectivity index (χ4n) is 3.51. The van der Waals surface area contributed by atoms with Crippen LogP contribution >= 0.6 is 0 Å². The Kier molecular flexibility index (Phi) is 6.31. The van der Waals surface area contributed by atoms with Gasteiger partial charge < -0.3 is 10.4 Å². The molecular formula is C25H22FN3O2. The van der Waals surface area contributed by atoms with E-state index in [9.17, 15) is 14.3 Å². The number of amides is 1. The second kappa shape index (κ2) is 9.47. The van der Waals surface area contributed by atoms with E-state index >= 15 is 0 Å². The van der Waals surface area contributed by atoms with Gasteiger partial charge in [0, 0.05) is 34.4 Å². The maximum atomic E-state index is 14.1. The molecule has 0 aliphatic rings. The zero-order valence-corrected chi connectivity index (χ0v) is 16.7. The number of hydrogen-bond donors (Lipinski definition) is 3. The summed E-state index contributed by atoms with van der Waals surface area (Å²) >= 11 is 0. The first-order valence-electron chi connectivity index (χ1n) is 9.98. The van der Waals surface area contributed by atoms with Crippen LogP contribution in [0, 0.1) is 5.82 Å². The van der Waals surface area contributed by atoms with Crippen molar-refractivity contribution in [3.63, 3.8) is 0 Å². The highest BCUT2D eigenvalue weighted by Crippen LogP contribution is 2.23.